The van der Waals surface area contributed by atoms with Crippen LogP contribution in [-0.2, 0) is 0 Å². The SMILES string of the molecule is C1=CC(c2nc(-c3ccccc3)c3ccccc3n2)=CC(c2ccc3c(c2)c2c4scnc4cc4c5ccccc5n3c42)C1. The molecular weight excluding hydrogens is 557 g/mol. The molecule has 9 aromatic rings. The fourth-order valence-electron chi connectivity index (χ4n) is 7.21. The van der Waals surface area contributed by atoms with Crippen LogP contribution in [0, 0.1) is 0 Å². The third kappa shape index (κ3) is 3.36. The zero-order chi connectivity index (χ0) is 28.8. The van der Waals surface area contributed by atoms with E-state index in [2.05, 4.69) is 114 Å². The minimum absolute atomic E-state index is 0.225. The van der Waals surface area contributed by atoms with Crippen molar-refractivity contribution >= 4 is 76.1 Å². The Morgan fingerprint density at radius 3 is 2.45 bits per heavy atom. The second-order valence-electron chi connectivity index (χ2n) is 11.6. The zero-order valence-corrected chi connectivity index (χ0v) is 24.4. The van der Waals surface area contributed by atoms with E-state index in [0.717, 1.165) is 45.5 Å². The molecule has 1 atom stereocenters. The Morgan fingerprint density at radius 2 is 1.52 bits per heavy atom. The van der Waals surface area contributed by atoms with Crippen LogP contribution in [0.1, 0.15) is 23.7 Å². The van der Waals surface area contributed by atoms with Crippen LogP contribution in [-0.4, -0.2) is 19.4 Å². The molecule has 0 amide bonds. The maximum Gasteiger partial charge on any atom is 0.160 e. The highest BCUT2D eigenvalue weighted by Gasteiger charge is 2.23. The summed E-state index contributed by atoms with van der Waals surface area (Å²) in [6.45, 7) is 0. The van der Waals surface area contributed by atoms with Crippen LogP contribution in [0.2, 0.25) is 0 Å². The van der Waals surface area contributed by atoms with Crippen molar-refractivity contribution in [3.05, 3.63) is 138 Å². The lowest BCUT2D eigenvalue weighted by Gasteiger charge is -2.18. The first-order chi connectivity index (χ1) is 21.8. The van der Waals surface area contributed by atoms with E-state index >= 15 is 0 Å². The highest BCUT2D eigenvalue weighted by Crippen LogP contribution is 2.45. The van der Waals surface area contributed by atoms with E-state index in [1.165, 1.54) is 48.4 Å². The number of fused-ring (bicyclic) bond motifs is 9. The number of aromatic nitrogens is 4. The molecule has 10 rings (SSSR count). The minimum Gasteiger partial charge on any atom is -0.308 e. The molecule has 0 aliphatic heterocycles. The van der Waals surface area contributed by atoms with Gasteiger partial charge in [0.2, 0.25) is 0 Å². The normalized spacial score (nSPS) is 15.5. The number of allylic oxidation sites excluding steroid dienone is 4. The number of para-hydroxylation sites is 2. The summed E-state index contributed by atoms with van der Waals surface area (Å²) in [4.78, 5) is 14.9. The van der Waals surface area contributed by atoms with Crippen molar-refractivity contribution < 1.29 is 0 Å². The summed E-state index contributed by atoms with van der Waals surface area (Å²) in [5, 5.41) is 6.23. The fourth-order valence-corrected chi connectivity index (χ4v) is 8.04. The molecule has 1 unspecified atom stereocenters. The minimum atomic E-state index is 0.225. The third-order valence-corrected chi connectivity index (χ3v) is 10.0. The predicted octanol–water partition coefficient (Wildman–Crippen LogP) is 10.2. The monoisotopic (exact) mass is 580 g/mol. The molecule has 0 N–H and O–H groups in total. The van der Waals surface area contributed by atoms with Gasteiger partial charge in [-0.25, -0.2) is 15.0 Å². The Bertz CT molecular complexity index is 2640. The molecule has 44 heavy (non-hydrogen) atoms. The van der Waals surface area contributed by atoms with Gasteiger partial charge in [-0.05, 0) is 42.3 Å². The summed E-state index contributed by atoms with van der Waals surface area (Å²) >= 11 is 1.74. The number of hydrogen-bond donors (Lipinski definition) is 0. The lowest BCUT2D eigenvalue weighted by Crippen LogP contribution is -2.03. The van der Waals surface area contributed by atoms with Crippen LogP contribution in [0.15, 0.2) is 127 Å². The Kier molecular flexibility index (Phi) is 4.96. The van der Waals surface area contributed by atoms with Gasteiger partial charge in [0.05, 0.1) is 43.5 Å². The summed E-state index contributed by atoms with van der Waals surface area (Å²) in [5.74, 6) is 0.992. The Labute approximate surface area is 256 Å². The molecule has 206 valence electrons. The second-order valence-corrected chi connectivity index (χ2v) is 12.5. The lowest BCUT2D eigenvalue weighted by atomic mass is 9.88. The quantitative estimate of drug-likeness (QED) is 0.209. The molecule has 0 radical (unpaired) electrons. The maximum absolute atomic E-state index is 5.14. The van der Waals surface area contributed by atoms with E-state index in [0.29, 0.717) is 0 Å². The Balaban J connectivity index is 1.16. The van der Waals surface area contributed by atoms with Crippen molar-refractivity contribution in [2.75, 3.05) is 0 Å². The molecule has 4 aromatic heterocycles. The average Bonchev–Trinajstić information content (AvgIpc) is 3.79. The topological polar surface area (TPSA) is 43.1 Å². The van der Waals surface area contributed by atoms with Gasteiger partial charge in [0, 0.05) is 44.0 Å². The summed E-state index contributed by atoms with van der Waals surface area (Å²) < 4.78 is 3.71. The maximum atomic E-state index is 5.14. The van der Waals surface area contributed by atoms with Crippen LogP contribution >= 0.6 is 11.3 Å². The molecule has 5 aromatic carbocycles. The number of benzene rings is 5. The van der Waals surface area contributed by atoms with Crippen LogP contribution in [0.4, 0.5) is 0 Å². The van der Waals surface area contributed by atoms with E-state index in [1.807, 2.05) is 17.6 Å². The Hall–Kier alpha value is -5.39. The van der Waals surface area contributed by atoms with E-state index < -0.39 is 0 Å². The molecule has 4 heterocycles. The first-order valence-corrected chi connectivity index (χ1v) is 15.8. The van der Waals surface area contributed by atoms with Gasteiger partial charge in [0.25, 0.3) is 0 Å². The van der Waals surface area contributed by atoms with E-state index in [1.54, 1.807) is 11.3 Å². The van der Waals surface area contributed by atoms with Crippen LogP contribution in [0.3, 0.4) is 0 Å². The average molecular weight is 581 g/mol. The number of hydrogen-bond acceptors (Lipinski definition) is 4. The first-order valence-electron chi connectivity index (χ1n) is 15.0. The van der Waals surface area contributed by atoms with Crippen molar-refractivity contribution in [3.8, 4) is 11.3 Å². The first kappa shape index (κ1) is 24.1. The molecular formula is C39H24N4S. The van der Waals surface area contributed by atoms with Gasteiger partial charge in [0.1, 0.15) is 0 Å². The number of thiazole rings is 1. The van der Waals surface area contributed by atoms with Gasteiger partial charge < -0.3 is 4.40 Å². The van der Waals surface area contributed by atoms with Crippen LogP contribution < -0.4 is 0 Å². The van der Waals surface area contributed by atoms with Crippen molar-refractivity contribution in [2.45, 2.75) is 12.3 Å². The molecule has 0 spiro atoms. The summed E-state index contributed by atoms with van der Waals surface area (Å²) in [6, 6.07) is 36.8. The second kappa shape index (κ2) is 9.06. The lowest BCUT2D eigenvalue weighted by molar-refractivity contribution is 0.856. The highest BCUT2D eigenvalue weighted by molar-refractivity contribution is 7.18. The fraction of sp³-hybridized carbons (Fsp3) is 0.0513. The van der Waals surface area contributed by atoms with Gasteiger partial charge >= 0.3 is 0 Å². The molecule has 0 bridgehead atoms. The molecule has 1 aliphatic rings. The standard InChI is InChI=1S/C39H24N4S/c1-2-9-23(10-3-1)36-28-14-4-6-15-31(28)41-39(42-36)26-12-8-11-24(19-26)25-17-18-34-30(20-25)35-37-29(21-32-38(35)44-22-40-32)27-13-5-7-16-33(27)43(34)37/h1-10,12-22,24H,11H2. The largest absolute Gasteiger partial charge is 0.308 e. The van der Waals surface area contributed by atoms with Gasteiger partial charge in [-0.1, -0.05) is 91.0 Å². The van der Waals surface area contributed by atoms with Crippen molar-refractivity contribution in [1.29, 1.82) is 0 Å². The van der Waals surface area contributed by atoms with Crippen molar-refractivity contribution in [3.63, 3.8) is 0 Å². The third-order valence-electron chi connectivity index (χ3n) is 9.19. The van der Waals surface area contributed by atoms with E-state index in [9.17, 15) is 0 Å². The molecule has 0 saturated carbocycles. The number of rotatable bonds is 3. The summed E-state index contributed by atoms with van der Waals surface area (Å²) in [5.41, 5.74) is 12.2. The van der Waals surface area contributed by atoms with Crippen LogP contribution in [0.5, 0.6) is 0 Å². The van der Waals surface area contributed by atoms with Gasteiger partial charge in [-0.15, -0.1) is 11.3 Å². The van der Waals surface area contributed by atoms with E-state index in [-0.39, 0.29) is 5.92 Å². The predicted molar refractivity (Wildman–Crippen MR) is 184 cm³/mol. The molecule has 1 aliphatic carbocycles. The summed E-state index contributed by atoms with van der Waals surface area (Å²) in [7, 11) is 0. The van der Waals surface area contributed by atoms with Crippen molar-refractivity contribution in [1.82, 2.24) is 19.4 Å². The summed E-state index contributed by atoms with van der Waals surface area (Å²) in [6.07, 6.45) is 7.75. The molecule has 0 fully saturated rings. The van der Waals surface area contributed by atoms with Crippen molar-refractivity contribution in [2.24, 2.45) is 0 Å². The molecule has 5 heteroatoms. The molecule has 4 nitrogen and oxygen atoms in total. The number of nitrogens with zero attached hydrogens (tertiary/aromatic N) is 4. The van der Waals surface area contributed by atoms with Gasteiger partial charge in [-0.2, -0.15) is 0 Å². The van der Waals surface area contributed by atoms with E-state index in [4.69, 9.17) is 15.0 Å². The van der Waals surface area contributed by atoms with Gasteiger partial charge in [-0.3, -0.25) is 0 Å². The smallest absolute Gasteiger partial charge is 0.160 e. The van der Waals surface area contributed by atoms with Gasteiger partial charge in [0.15, 0.2) is 5.82 Å². The van der Waals surface area contributed by atoms with Crippen LogP contribution in [0.25, 0.3) is 76.0 Å². The zero-order valence-electron chi connectivity index (χ0n) is 23.6. The molecule has 0 saturated heterocycles. The Morgan fingerprint density at radius 1 is 0.705 bits per heavy atom. The highest BCUT2D eigenvalue weighted by atomic mass is 32.1.